The molecule has 0 heterocycles. The van der Waals surface area contributed by atoms with Crippen molar-refractivity contribution in [2.75, 3.05) is 20.3 Å². The van der Waals surface area contributed by atoms with Crippen LogP contribution in [0.15, 0.2) is 23.8 Å². The van der Waals surface area contributed by atoms with Crippen molar-refractivity contribution in [2.45, 2.75) is 56.3 Å². The van der Waals surface area contributed by atoms with Crippen molar-refractivity contribution in [3.63, 3.8) is 0 Å². The zero-order valence-electron chi connectivity index (χ0n) is 14.3. The number of methoxy groups -OCH3 is 1. The highest BCUT2D eigenvalue weighted by molar-refractivity contribution is 5.34. The Kier molecular flexibility index (Phi) is 4.85. The van der Waals surface area contributed by atoms with Crippen LogP contribution in [-0.2, 0) is 9.47 Å². The van der Waals surface area contributed by atoms with Crippen molar-refractivity contribution in [1.82, 2.24) is 0 Å². The molecule has 0 amide bonds. The Morgan fingerprint density at radius 1 is 1.29 bits per heavy atom. The molecule has 1 atom stereocenters. The minimum atomic E-state index is -1.05. The fourth-order valence-corrected chi connectivity index (χ4v) is 3.67. The highest BCUT2D eigenvalue weighted by Crippen LogP contribution is 2.49. The molecule has 0 bridgehead atoms. The lowest BCUT2D eigenvalue weighted by Gasteiger charge is -2.43. The van der Waals surface area contributed by atoms with E-state index in [9.17, 15) is 15.5 Å². The lowest BCUT2D eigenvalue weighted by atomic mass is 9.64. The van der Waals surface area contributed by atoms with Crippen molar-refractivity contribution in [2.24, 2.45) is 11.3 Å². The zero-order valence-corrected chi connectivity index (χ0v) is 14.3. The molecule has 3 rings (SSSR count). The monoisotopic (exact) mass is 333 g/mol. The molecular formula is C19H27NO4. The molecular weight excluding hydrogens is 306 g/mol. The summed E-state index contributed by atoms with van der Waals surface area (Å²) in [6.45, 7) is 0.440. The van der Waals surface area contributed by atoms with Gasteiger partial charge in [0.25, 0.3) is 0 Å². The number of aliphatic hydroxyl groups excluding tert-OH is 1. The summed E-state index contributed by atoms with van der Waals surface area (Å²) in [5, 5.41) is 29.5. The van der Waals surface area contributed by atoms with E-state index in [1.165, 1.54) is 12.8 Å². The van der Waals surface area contributed by atoms with E-state index in [0.717, 1.165) is 5.57 Å². The van der Waals surface area contributed by atoms with Gasteiger partial charge >= 0.3 is 0 Å². The molecule has 3 aliphatic rings. The van der Waals surface area contributed by atoms with Crippen LogP contribution in [0, 0.1) is 22.7 Å². The van der Waals surface area contributed by atoms with Gasteiger partial charge in [-0.25, -0.2) is 0 Å². The second-order valence-corrected chi connectivity index (χ2v) is 7.57. The highest BCUT2D eigenvalue weighted by Gasteiger charge is 2.47. The van der Waals surface area contributed by atoms with Gasteiger partial charge in [0.15, 0.2) is 5.79 Å². The molecule has 1 unspecified atom stereocenters. The maximum atomic E-state index is 10.3. The molecule has 0 radical (unpaired) electrons. The molecule has 24 heavy (non-hydrogen) atoms. The standard InChI is InChI=1S/C19H27NO4/c1-23-19(24-12-15-4-5-15)6-2-3-16(11-19)17(13-20)7-9-18(22,14-21)10-8-17/h2-3,6,15,21-22H,4-5,7-12,14H2,1H3/t17-,18+,19?. The summed E-state index contributed by atoms with van der Waals surface area (Å²) < 4.78 is 11.7. The number of hydrogen-bond acceptors (Lipinski definition) is 5. The molecule has 0 saturated heterocycles. The van der Waals surface area contributed by atoms with E-state index >= 15 is 0 Å². The summed E-state index contributed by atoms with van der Waals surface area (Å²) in [7, 11) is 1.64. The molecule has 3 aliphatic carbocycles. The number of rotatable bonds is 6. The molecule has 2 N–H and O–H groups in total. The summed E-state index contributed by atoms with van der Waals surface area (Å²) in [5.41, 5.74) is -0.657. The van der Waals surface area contributed by atoms with Crippen LogP contribution in [0.1, 0.15) is 44.9 Å². The largest absolute Gasteiger partial charge is 0.393 e. The lowest BCUT2D eigenvalue weighted by molar-refractivity contribution is -0.192. The summed E-state index contributed by atoms with van der Waals surface area (Å²) in [6, 6.07) is 2.48. The Balaban J connectivity index is 1.74. The Morgan fingerprint density at radius 3 is 2.54 bits per heavy atom. The first kappa shape index (κ1) is 17.6. The number of allylic oxidation sites excluding steroid dienone is 2. The Hall–Kier alpha value is -1.19. The number of nitrogens with zero attached hydrogens (tertiary/aromatic N) is 1. The molecule has 0 aromatic rings. The van der Waals surface area contributed by atoms with E-state index in [-0.39, 0.29) is 6.61 Å². The first-order valence-corrected chi connectivity index (χ1v) is 8.81. The van der Waals surface area contributed by atoms with E-state index in [0.29, 0.717) is 44.6 Å². The fraction of sp³-hybridized carbons (Fsp3) is 0.737. The van der Waals surface area contributed by atoms with Crippen LogP contribution in [0.2, 0.25) is 0 Å². The third-order valence-electron chi connectivity index (χ3n) is 5.85. The van der Waals surface area contributed by atoms with Crippen LogP contribution in [0.3, 0.4) is 0 Å². The van der Waals surface area contributed by atoms with Gasteiger partial charge in [0.1, 0.15) is 0 Å². The molecule has 2 saturated carbocycles. The third kappa shape index (κ3) is 3.43. The van der Waals surface area contributed by atoms with Crippen molar-refractivity contribution >= 4 is 0 Å². The van der Waals surface area contributed by atoms with Crippen molar-refractivity contribution in [3.8, 4) is 6.07 Å². The van der Waals surface area contributed by atoms with Gasteiger partial charge in [-0.2, -0.15) is 5.26 Å². The summed E-state index contributed by atoms with van der Waals surface area (Å²) in [6.07, 6.45) is 10.8. The number of hydrogen-bond donors (Lipinski definition) is 2. The number of nitriles is 1. The first-order valence-electron chi connectivity index (χ1n) is 8.81. The van der Waals surface area contributed by atoms with Crippen LogP contribution in [0.4, 0.5) is 0 Å². The third-order valence-corrected chi connectivity index (χ3v) is 5.85. The summed E-state index contributed by atoms with van der Waals surface area (Å²) in [4.78, 5) is 0. The number of ether oxygens (including phenoxy) is 2. The van der Waals surface area contributed by atoms with Crippen LogP contribution >= 0.6 is 0 Å². The topological polar surface area (TPSA) is 82.7 Å². The second-order valence-electron chi connectivity index (χ2n) is 7.57. The van der Waals surface area contributed by atoms with E-state index in [1.54, 1.807) is 7.11 Å². The fourth-order valence-electron chi connectivity index (χ4n) is 3.67. The van der Waals surface area contributed by atoms with Crippen molar-refractivity contribution < 1.29 is 19.7 Å². The number of aliphatic hydroxyl groups is 2. The molecule has 0 aromatic heterocycles. The average molecular weight is 333 g/mol. The van der Waals surface area contributed by atoms with Gasteiger partial charge in [0.05, 0.1) is 30.3 Å². The van der Waals surface area contributed by atoms with E-state index in [1.807, 2.05) is 18.2 Å². The maximum absolute atomic E-state index is 10.3. The van der Waals surface area contributed by atoms with E-state index in [2.05, 4.69) is 6.07 Å². The van der Waals surface area contributed by atoms with Crippen LogP contribution in [0.5, 0.6) is 0 Å². The van der Waals surface area contributed by atoms with Gasteiger partial charge < -0.3 is 19.7 Å². The van der Waals surface area contributed by atoms with Crippen LogP contribution in [-0.4, -0.2) is 41.9 Å². The lowest BCUT2D eigenvalue weighted by Crippen LogP contribution is -2.44. The smallest absolute Gasteiger partial charge is 0.191 e. The molecule has 0 spiro atoms. The summed E-state index contributed by atoms with van der Waals surface area (Å²) in [5.74, 6) is -0.153. The van der Waals surface area contributed by atoms with Gasteiger partial charge in [0.2, 0.25) is 0 Å². The Bertz CT molecular complexity index is 564. The SMILES string of the molecule is COC1(OCC2CC2)C=CC=C([C@]2(C#N)CC[C@@](O)(CO)CC2)C1. The highest BCUT2D eigenvalue weighted by atomic mass is 16.7. The van der Waals surface area contributed by atoms with Gasteiger partial charge in [-0.1, -0.05) is 12.2 Å². The molecule has 0 aromatic carbocycles. The van der Waals surface area contributed by atoms with Gasteiger partial charge in [0, 0.05) is 13.5 Å². The van der Waals surface area contributed by atoms with Crippen molar-refractivity contribution in [1.29, 1.82) is 5.26 Å². The zero-order chi connectivity index (χ0) is 17.3. The van der Waals surface area contributed by atoms with Crippen LogP contribution in [0.25, 0.3) is 0 Å². The molecule has 5 nitrogen and oxygen atoms in total. The first-order chi connectivity index (χ1) is 11.5. The van der Waals surface area contributed by atoms with Gasteiger partial charge in [-0.15, -0.1) is 0 Å². The average Bonchev–Trinajstić information content (AvgIpc) is 3.46. The van der Waals surface area contributed by atoms with E-state index in [4.69, 9.17) is 9.47 Å². The van der Waals surface area contributed by atoms with E-state index < -0.39 is 16.8 Å². The normalized spacial score (nSPS) is 39.3. The molecule has 0 aliphatic heterocycles. The van der Waals surface area contributed by atoms with Crippen LogP contribution < -0.4 is 0 Å². The Labute approximate surface area is 143 Å². The second kappa shape index (κ2) is 6.61. The predicted molar refractivity (Wildman–Crippen MR) is 88.8 cm³/mol. The van der Waals surface area contributed by atoms with Gasteiger partial charge in [-0.05, 0) is 56.1 Å². The minimum absolute atomic E-state index is 0.250. The molecule has 2 fully saturated rings. The minimum Gasteiger partial charge on any atom is -0.393 e. The maximum Gasteiger partial charge on any atom is 0.191 e. The summed E-state index contributed by atoms with van der Waals surface area (Å²) >= 11 is 0. The van der Waals surface area contributed by atoms with Crippen molar-refractivity contribution in [3.05, 3.63) is 23.8 Å². The predicted octanol–water partition coefficient (Wildman–Crippen LogP) is 2.45. The van der Waals surface area contributed by atoms with Gasteiger partial charge in [-0.3, -0.25) is 0 Å². The Morgan fingerprint density at radius 2 is 2.00 bits per heavy atom. The quantitative estimate of drug-likeness (QED) is 0.730. The molecule has 5 heteroatoms. The molecule has 132 valence electrons.